The van der Waals surface area contributed by atoms with Gasteiger partial charge in [0.1, 0.15) is 17.7 Å². The SMILES string of the molecule is CCCN(C(=O)C(Cc1ccccc1)NC(=O)OC(C)(C)C)C(C(=O)NC(C)(C)C)c1ccccc1C. The summed E-state index contributed by atoms with van der Waals surface area (Å²) in [5, 5.41) is 5.84. The Bertz CT molecular complexity index is 1050. The second kappa shape index (κ2) is 12.7. The first kappa shape index (κ1) is 29.9. The van der Waals surface area contributed by atoms with Gasteiger partial charge in [0.05, 0.1) is 0 Å². The first-order valence-electron chi connectivity index (χ1n) is 12.9. The maximum Gasteiger partial charge on any atom is 0.408 e. The maximum absolute atomic E-state index is 14.2. The van der Waals surface area contributed by atoms with Crippen LogP contribution < -0.4 is 10.6 Å². The van der Waals surface area contributed by atoms with E-state index in [0.717, 1.165) is 16.7 Å². The van der Waals surface area contributed by atoms with Gasteiger partial charge in [-0.25, -0.2) is 4.79 Å². The fourth-order valence-electron chi connectivity index (χ4n) is 4.09. The number of nitrogens with one attached hydrogen (secondary N) is 2. The number of nitrogens with zero attached hydrogens (tertiary/aromatic N) is 1. The van der Waals surface area contributed by atoms with Crippen LogP contribution in [0.25, 0.3) is 0 Å². The molecule has 0 radical (unpaired) electrons. The quantitative estimate of drug-likeness (QED) is 0.479. The molecule has 7 nitrogen and oxygen atoms in total. The van der Waals surface area contributed by atoms with E-state index in [1.807, 2.05) is 89.2 Å². The van der Waals surface area contributed by atoms with E-state index in [1.54, 1.807) is 25.7 Å². The monoisotopic (exact) mass is 509 g/mol. The van der Waals surface area contributed by atoms with E-state index in [2.05, 4.69) is 10.6 Å². The minimum Gasteiger partial charge on any atom is -0.444 e. The van der Waals surface area contributed by atoms with Crippen LogP contribution in [0.4, 0.5) is 4.79 Å². The van der Waals surface area contributed by atoms with Crippen LogP contribution in [0.5, 0.6) is 0 Å². The standard InChI is InChI=1S/C30H43N3O4/c1-9-19-33(25(26(34)32-29(3,4)5)23-18-14-13-15-21(23)2)27(35)24(20-22-16-11-10-12-17-22)31-28(36)37-30(6,7)8/h10-18,24-25H,9,19-20H2,1-8H3,(H,31,36)(H,32,34). The average Bonchev–Trinajstić information content (AvgIpc) is 2.77. The molecule has 2 unspecified atom stereocenters. The normalized spacial score (nSPS) is 13.3. The van der Waals surface area contributed by atoms with Crippen molar-refractivity contribution in [2.24, 2.45) is 0 Å². The molecule has 0 saturated heterocycles. The number of benzene rings is 2. The van der Waals surface area contributed by atoms with Gasteiger partial charge in [-0.05, 0) is 71.6 Å². The van der Waals surface area contributed by atoms with Gasteiger partial charge < -0.3 is 20.3 Å². The minimum absolute atomic E-state index is 0.264. The Morgan fingerprint density at radius 3 is 2.05 bits per heavy atom. The summed E-state index contributed by atoms with van der Waals surface area (Å²) in [4.78, 5) is 42.3. The van der Waals surface area contributed by atoms with E-state index >= 15 is 0 Å². The third-order valence-corrected chi connectivity index (χ3v) is 5.56. The van der Waals surface area contributed by atoms with Gasteiger partial charge in [0.15, 0.2) is 0 Å². The Morgan fingerprint density at radius 1 is 0.919 bits per heavy atom. The summed E-state index contributed by atoms with van der Waals surface area (Å²) in [6.45, 7) is 15.3. The van der Waals surface area contributed by atoms with Crippen LogP contribution in [0, 0.1) is 6.92 Å². The zero-order valence-corrected chi connectivity index (χ0v) is 23.6. The minimum atomic E-state index is -0.919. The van der Waals surface area contributed by atoms with Crippen molar-refractivity contribution < 1.29 is 19.1 Å². The summed E-state index contributed by atoms with van der Waals surface area (Å²) in [6.07, 6.45) is 0.229. The first-order chi connectivity index (χ1) is 17.2. The van der Waals surface area contributed by atoms with Crippen LogP contribution in [0.2, 0.25) is 0 Å². The highest BCUT2D eigenvalue weighted by Crippen LogP contribution is 2.27. The predicted octanol–water partition coefficient (Wildman–Crippen LogP) is 5.33. The second-order valence-electron chi connectivity index (χ2n) is 11.4. The molecule has 0 saturated carbocycles. The van der Waals surface area contributed by atoms with Crippen LogP contribution in [0.3, 0.4) is 0 Å². The number of rotatable bonds is 9. The number of carbonyl (C=O) groups is 3. The largest absolute Gasteiger partial charge is 0.444 e. The van der Waals surface area contributed by atoms with E-state index in [0.29, 0.717) is 13.0 Å². The Hall–Kier alpha value is -3.35. The van der Waals surface area contributed by atoms with Gasteiger partial charge >= 0.3 is 6.09 Å². The molecule has 0 bridgehead atoms. The van der Waals surface area contributed by atoms with Gasteiger partial charge in [-0.15, -0.1) is 0 Å². The lowest BCUT2D eigenvalue weighted by Crippen LogP contribution is -2.55. The molecule has 2 N–H and O–H groups in total. The molecular formula is C30H43N3O4. The van der Waals surface area contributed by atoms with Gasteiger partial charge in [-0.2, -0.15) is 0 Å². The lowest BCUT2D eigenvalue weighted by molar-refractivity contribution is -0.143. The van der Waals surface area contributed by atoms with E-state index < -0.39 is 29.3 Å². The highest BCUT2D eigenvalue weighted by molar-refractivity contribution is 5.92. The molecule has 7 heteroatoms. The number of ether oxygens (including phenoxy) is 1. The Balaban J connectivity index is 2.54. The zero-order valence-electron chi connectivity index (χ0n) is 23.6. The number of aryl methyl sites for hydroxylation is 1. The Kier molecular flexibility index (Phi) is 10.3. The highest BCUT2D eigenvalue weighted by Gasteiger charge is 2.37. The molecule has 2 aromatic rings. The molecule has 0 aliphatic heterocycles. The molecule has 0 aromatic heterocycles. The molecule has 2 rings (SSSR count). The topological polar surface area (TPSA) is 87.7 Å². The summed E-state index contributed by atoms with van der Waals surface area (Å²) in [5.41, 5.74) is 1.34. The summed E-state index contributed by atoms with van der Waals surface area (Å²) in [5.74, 6) is -0.604. The first-order valence-corrected chi connectivity index (χ1v) is 12.9. The highest BCUT2D eigenvalue weighted by atomic mass is 16.6. The van der Waals surface area contributed by atoms with Gasteiger partial charge in [0.25, 0.3) is 0 Å². The van der Waals surface area contributed by atoms with Gasteiger partial charge in [0, 0.05) is 18.5 Å². The smallest absolute Gasteiger partial charge is 0.408 e. The molecule has 0 fully saturated rings. The number of carbonyl (C=O) groups excluding carboxylic acids is 3. The van der Waals surface area contributed by atoms with Crippen LogP contribution >= 0.6 is 0 Å². The summed E-state index contributed by atoms with van der Waals surface area (Å²) >= 11 is 0. The van der Waals surface area contributed by atoms with Crippen molar-refractivity contribution in [3.8, 4) is 0 Å². The average molecular weight is 510 g/mol. The van der Waals surface area contributed by atoms with Crippen molar-refractivity contribution in [3.05, 3.63) is 71.3 Å². The molecule has 37 heavy (non-hydrogen) atoms. The fraction of sp³-hybridized carbons (Fsp3) is 0.500. The van der Waals surface area contributed by atoms with Crippen LogP contribution in [-0.4, -0.2) is 46.5 Å². The third-order valence-electron chi connectivity index (χ3n) is 5.56. The summed E-state index contributed by atoms with van der Waals surface area (Å²) in [7, 11) is 0. The molecule has 3 amide bonds. The van der Waals surface area contributed by atoms with Crippen molar-refractivity contribution in [1.29, 1.82) is 0 Å². The summed E-state index contributed by atoms with van der Waals surface area (Å²) in [6, 6.07) is 15.3. The van der Waals surface area contributed by atoms with E-state index in [4.69, 9.17) is 4.74 Å². The molecule has 0 aliphatic rings. The summed E-state index contributed by atoms with van der Waals surface area (Å²) < 4.78 is 5.47. The Morgan fingerprint density at radius 2 is 1.51 bits per heavy atom. The maximum atomic E-state index is 14.2. The van der Waals surface area contributed by atoms with Crippen molar-refractivity contribution >= 4 is 17.9 Å². The lowest BCUT2D eigenvalue weighted by Gasteiger charge is -2.36. The van der Waals surface area contributed by atoms with Crippen molar-refractivity contribution in [1.82, 2.24) is 15.5 Å². The number of hydrogen-bond donors (Lipinski definition) is 2. The number of amides is 3. The van der Waals surface area contributed by atoms with Crippen molar-refractivity contribution in [2.75, 3.05) is 6.54 Å². The molecule has 202 valence electrons. The van der Waals surface area contributed by atoms with Crippen LogP contribution in [0.15, 0.2) is 54.6 Å². The molecule has 0 heterocycles. The fourth-order valence-corrected chi connectivity index (χ4v) is 4.09. The number of hydrogen-bond acceptors (Lipinski definition) is 4. The lowest BCUT2D eigenvalue weighted by atomic mass is 9.96. The van der Waals surface area contributed by atoms with E-state index in [-0.39, 0.29) is 18.2 Å². The Labute approximate surface area is 222 Å². The van der Waals surface area contributed by atoms with Crippen molar-refractivity contribution in [3.63, 3.8) is 0 Å². The molecule has 0 aliphatic carbocycles. The van der Waals surface area contributed by atoms with Gasteiger partial charge in [0.2, 0.25) is 11.8 Å². The number of alkyl carbamates (subject to hydrolysis) is 1. The molecule has 2 aromatic carbocycles. The second-order valence-corrected chi connectivity index (χ2v) is 11.4. The van der Waals surface area contributed by atoms with Gasteiger partial charge in [-0.1, -0.05) is 61.5 Å². The van der Waals surface area contributed by atoms with Crippen LogP contribution in [-0.2, 0) is 20.7 Å². The van der Waals surface area contributed by atoms with E-state index in [1.165, 1.54) is 0 Å². The molecule has 0 spiro atoms. The molecule has 2 atom stereocenters. The van der Waals surface area contributed by atoms with Gasteiger partial charge in [-0.3, -0.25) is 9.59 Å². The molecular weight excluding hydrogens is 466 g/mol. The zero-order chi connectivity index (χ0) is 27.8. The predicted molar refractivity (Wildman–Crippen MR) is 147 cm³/mol. The van der Waals surface area contributed by atoms with E-state index in [9.17, 15) is 14.4 Å². The van der Waals surface area contributed by atoms with Crippen LogP contribution in [0.1, 0.15) is 77.6 Å². The third kappa shape index (κ3) is 9.56. The van der Waals surface area contributed by atoms with Crippen molar-refractivity contribution in [2.45, 2.75) is 91.5 Å².